The van der Waals surface area contributed by atoms with Crippen LogP contribution in [-0.4, -0.2) is 17.7 Å². The molecule has 3 amide bonds. The van der Waals surface area contributed by atoms with Crippen LogP contribution in [-0.2, 0) is 9.59 Å². The molecule has 5 nitrogen and oxygen atoms in total. The lowest BCUT2D eigenvalue weighted by Crippen LogP contribution is -2.41. The molecule has 6 heteroatoms. The van der Waals surface area contributed by atoms with E-state index in [0.29, 0.717) is 22.0 Å². The van der Waals surface area contributed by atoms with Crippen molar-refractivity contribution < 1.29 is 14.4 Å². The maximum Gasteiger partial charge on any atom is 0.255 e. The van der Waals surface area contributed by atoms with Crippen molar-refractivity contribution in [2.24, 2.45) is 11.8 Å². The number of hydrogen-bond acceptors (Lipinski definition) is 3. The second-order valence-electron chi connectivity index (χ2n) is 10.2. The van der Waals surface area contributed by atoms with E-state index in [1.165, 1.54) is 4.90 Å². The Labute approximate surface area is 225 Å². The van der Waals surface area contributed by atoms with Gasteiger partial charge in [-0.25, -0.2) is 4.90 Å². The first-order chi connectivity index (χ1) is 18.4. The minimum Gasteiger partial charge on any atom is -0.322 e. The number of anilines is 2. The van der Waals surface area contributed by atoms with Crippen LogP contribution in [0.5, 0.6) is 0 Å². The van der Waals surface area contributed by atoms with E-state index in [1.807, 2.05) is 37.3 Å². The SMILES string of the molecule is Cc1ccc(Cl)cc1NC(=O)c1cccc(N2C(=O)[C@@H]3C4c5ccccc5C(c5ccccc54)[C@@H]3C2=O)c1. The lowest BCUT2D eigenvalue weighted by molar-refractivity contribution is -0.122. The number of benzene rings is 4. The number of amides is 3. The van der Waals surface area contributed by atoms with Crippen molar-refractivity contribution in [2.45, 2.75) is 18.8 Å². The van der Waals surface area contributed by atoms with E-state index in [9.17, 15) is 14.4 Å². The Morgan fingerprint density at radius 3 is 1.84 bits per heavy atom. The Kier molecular flexibility index (Phi) is 5.07. The fourth-order valence-electron chi connectivity index (χ4n) is 6.64. The molecule has 1 saturated heterocycles. The minimum atomic E-state index is -0.469. The van der Waals surface area contributed by atoms with Gasteiger partial charge in [0.25, 0.3) is 5.91 Å². The first-order valence-electron chi connectivity index (χ1n) is 12.7. The number of rotatable bonds is 3. The van der Waals surface area contributed by atoms with Crippen molar-refractivity contribution in [3.63, 3.8) is 0 Å². The van der Waals surface area contributed by atoms with Gasteiger partial charge in [0.15, 0.2) is 0 Å². The molecular weight excluding hydrogens is 496 g/mol. The number of halogens is 1. The van der Waals surface area contributed by atoms with E-state index in [0.717, 1.165) is 27.8 Å². The number of carbonyl (C=O) groups is 3. The molecular formula is C32H23ClN2O3. The molecule has 1 aliphatic heterocycles. The molecule has 0 unspecified atom stereocenters. The highest BCUT2D eigenvalue weighted by atomic mass is 35.5. The molecule has 1 fully saturated rings. The molecule has 4 aliphatic rings. The number of hydrogen-bond donors (Lipinski definition) is 1. The van der Waals surface area contributed by atoms with Crippen molar-refractivity contribution >= 4 is 40.7 Å². The van der Waals surface area contributed by atoms with Gasteiger partial charge in [0.1, 0.15) is 0 Å². The summed E-state index contributed by atoms with van der Waals surface area (Å²) in [5, 5.41) is 3.41. The second-order valence-corrected chi connectivity index (χ2v) is 10.7. The van der Waals surface area contributed by atoms with Gasteiger partial charge in [-0.2, -0.15) is 0 Å². The minimum absolute atomic E-state index is 0.170. The average molecular weight is 519 g/mol. The van der Waals surface area contributed by atoms with Crippen LogP contribution in [0.15, 0.2) is 91.0 Å². The van der Waals surface area contributed by atoms with Crippen molar-refractivity contribution in [3.8, 4) is 0 Å². The van der Waals surface area contributed by atoms with Crippen molar-refractivity contribution in [1.82, 2.24) is 0 Å². The van der Waals surface area contributed by atoms with E-state index in [4.69, 9.17) is 11.6 Å². The molecule has 2 bridgehead atoms. The first kappa shape index (κ1) is 22.9. The van der Waals surface area contributed by atoms with Crippen molar-refractivity contribution in [1.29, 1.82) is 0 Å². The lowest BCUT2D eigenvalue weighted by atomic mass is 9.55. The molecule has 4 aromatic rings. The highest BCUT2D eigenvalue weighted by Gasteiger charge is 2.61. The van der Waals surface area contributed by atoms with Crippen LogP contribution in [0.2, 0.25) is 5.02 Å². The predicted octanol–water partition coefficient (Wildman–Crippen LogP) is 6.30. The summed E-state index contributed by atoms with van der Waals surface area (Å²) >= 11 is 6.11. The molecule has 0 aromatic heterocycles. The van der Waals surface area contributed by atoms with E-state index in [1.54, 1.807) is 36.4 Å². The van der Waals surface area contributed by atoms with Gasteiger partial charge in [-0.1, -0.05) is 72.3 Å². The van der Waals surface area contributed by atoms with E-state index >= 15 is 0 Å². The number of aryl methyl sites for hydroxylation is 1. The number of nitrogens with zero attached hydrogens (tertiary/aromatic N) is 1. The summed E-state index contributed by atoms with van der Waals surface area (Å²) in [7, 11) is 0. The molecule has 1 heterocycles. The Bertz CT molecular complexity index is 1560. The van der Waals surface area contributed by atoms with Crippen LogP contribution < -0.4 is 10.2 Å². The zero-order chi connectivity index (χ0) is 26.1. The molecule has 4 aromatic carbocycles. The Balaban J connectivity index is 1.26. The summed E-state index contributed by atoms with van der Waals surface area (Å²) in [6.07, 6.45) is 0. The molecule has 0 radical (unpaired) electrons. The summed E-state index contributed by atoms with van der Waals surface area (Å²) in [6, 6.07) is 28.4. The van der Waals surface area contributed by atoms with Crippen LogP contribution in [0.25, 0.3) is 0 Å². The zero-order valence-corrected chi connectivity index (χ0v) is 21.3. The smallest absolute Gasteiger partial charge is 0.255 e. The normalized spacial score (nSPS) is 22.6. The second kappa shape index (κ2) is 8.40. The van der Waals surface area contributed by atoms with E-state index < -0.39 is 11.8 Å². The van der Waals surface area contributed by atoms with Crippen LogP contribution in [0.3, 0.4) is 0 Å². The lowest BCUT2D eigenvalue weighted by Gasteiger charge is -2.45. The molecule has 1 N–H and O–H groups in total. The monoisotopic (exact) mass is 518 g/mol. The molecule has 0 saturated carbocycles. The van der Waals surface area contributed by atoms with Crippen molar-refractivity contribution in [2.75, 3.05) is 10.2 Å². The van der Waals surface area contributed by atoms with Crippen molar-refractivity contribution in [3.05, 3.63) is 129 Å². The third-order valence-corrected chi connectivity index (χ3v) is 8.50. The number of imide groups is 1. The highest BCUT2D eigenvalue weighted by Crippen LogP contribution is 2.61. The van der Waals surface area contributed by atoms with Crippen LogP contribution >= 0.6 is 11.6 Å². The van der Waals surface area contributed by atoms with Gasteiger partial charge in [0.05, 0.1) is 17.5 Å². The summed E-state index contributed by atoms with van der Waals surface area (Å²) in [5.74, 6) is -2.03. The Hall–Kier alpha value is -4.22. The maximum absolute atomic E-state index is 14.0. The van der Waals surface area contributed by atoms with Crippen LogP contribution in [0, 0.1) is 18.8 Å². The fraction of sp³-hybridized carbons (Fsp3) is 0.156. The Morgan fingerprint density at radius 1 is 0.737 bits per heavy atom. The third kappa shape index (κ3) is 3.21. The van der Waals surface area contributed by atoms with Gasteiger partial charge < -0.3 is 5.32 Å². The first-order valence-corrected chi connectivity index (χ1v) is 13.0. The topological polar surface area (TPSA) is 66.5 Å². The molecule has 3 aliphatic carbocycles. The number of nitrogens with one attached hydrogen (secondary N) is 1. The molecule has 2 atom stereocenters. The quantitative estimate of drug-likeness (QED) is 0.324. The largest absolute Gasteiger partial charge is 0.322 e. The fourth-order valence-corrected chi connectivity index (χ4v) is 6.81. The zero-order valence-electron chi connectivity index (χ0n) is 20.5. The van der Waals surface area contributed by atoms with Crippen LogP contribution in [0.1, 0.15) is 50.0 Å². The Morgan fingerprint density at radius 2 is 1.29 bits per heavy atom. The summed E-state index contributed by atoms with van der Waals surface area (Å²) in [6.45, 7) is 1.88. The molecule has 38 heavy (non-hydrogen) atoms. The molecule has 8 rings (SSSR count). The van der Waals surface area contributed by atoms with Gasteiger partial charge in [0.2, 0.25) is 11.8 Å². The summed E-state index contributed by atoms with van der Waals surface area (Å²) in [4.78, 5) is 42.4. The number of carbonyl (C=O) groups excluding carboxylic acids is 3. The van der Waals surface area contributed by atoms with Crippen LogP contribution in [0.4, 0.5) is 11.4 Å². The van der Waals surface area contributed by atoms with Gasteiger partial charge in [-0.15, -0.1) is 0 Å². The third-order valence-electron chi connectivity index (χ3n) is 8.26. The molecule has 186 valence electrons. The van der Waals surface area contributed by atoms with Gasteiger partial charge in [-0.05, 0) is 65.1 Å². The van der Waals surface area contributed by atoms with Gasteiger partial charge >= 0.3 is 0 Å². The van der Waals surface area contributed by atoms with Gasteiger partial charge in [-0.3, -0.25) is 14.4 Å². The highest BCUT2D eigenvalue weighted by molar-refractivity contribution is 6.31. The summed E-state index contributed by atoms with van der Waals surface area (Å²) < 4.78 is 0. The van der Waals surface area contributed by atoms with E-state index in [2.05, 4.69) is 29.6 Å². The molecule has 0 spiro atoms. The summed E-state index contributed by atoms with van der Waals surface area (Å²) in [5.41, 5.74) is 6.78. The standard InChI is InChI=1S/C32H23ClN2O3/c1-17-13-14-19(33)16-25(17)34-30(36)18-7-6-8-20(15-18)35-31(37)28-26-21-9-2-3-10-22(21)27(29(28)32(35)38)24-12-5-4-11-23(24)26/h2-16,26-29H,1H3,(H,34,36)/t26?,27?,28-,29+. The average Bonchev–Trinajstić information content (AvgIpc) is 3.21. The maximum atomic E-state index is 14.0. The van der Waals surface area contributed by atoms with Gasteiger partial charge in [0, 0.05) is 28.1 Å². The van der Waals surface area contributed by atoms with E-state index in [-0.39, 0.29) is 29.6 Å². The predicted molar refractivity (Wildman–Crippen MR) is 147 cm³/mol.